The first-order chi connectivity index (χ1) is 6.63. The number of benzene rings is 1. The normalized spacial score (nSPS) is 12.6. The van der Waals surface area contributed by atoms with Crippen molar-refractivity contribution in [1.82, 2.24) is 0 Å². The van der Waals surface area contributed by atoms with Crippen LogP contribution in [0.25, 0.3) is 0 Å². The molecule has 14 heavy (non-hydrogen) atoms. The van der Waals surface area contributed by atoms with Crippen molar-refractivity contribution in [2.75, 3.05) is 25.1 Å². The van der Waals surface area contributed by atoms with Gasteiger partial charge in [0.05, 0.1) is 6.61 Å². The van der Waals surface area contributed by atoms with E-state index in [4.69, 9.17) is 10.8 Å². The Bertz CT molecular complexity index is 271. The lowest BCUT2D eigenvalue weighted by Crippen LogP contribution is -2.37. The minimum absolute atomic E-state index is 0.0240. The maximum absolute atomic E-state index is 8.82. The Morgan fingerprint density at radius 1 is 1.36 bits per heavy atom. The van der Waals surface area contributed by atoms with Gasteiger partial charge in [-0.2, -0.15) is 0 Å². The standard InChI is InChI=1S/C11H18N2O/c1-9-3-5-11(6-4-9)13(2)7-10(12)8-14/h3-6,10,14H,7-8,12H2,1-2H3. The highest BCUT2D eigenvalue weighted by Crippen LogP contribution is 2.12. The van der Waals surface area contributed by atoms with E-state index < -0.39 is 0 Å². The van der Waals surface area contributed by atoms with Crippen LogP contribution < -0.4 is 10.6 Å². The molecule has 0 aliphatic heterocycles. The third kappa shape index (κ3) is 3.01. The first-order valence-electron chi connectivity index (χ1n) is 4.77. The zero-order valence-electron chi connectivity index (χ0n) is 8.77. The van der Waals surface area contributed by atoms with Crippen molar-refractivity contribution in [2.45, 2.75) is 13.0 Å². The van der Waals surface area contributed by atoms with Crippen molar-refractivity contribution in [1.29, 1.82) is 0 Å². The average molecular weight is 194 g/mol. The summed E-state index contributed by atoms with van der Waals surface area (Å²) in [6.45, 7) is 2.75. The molecule has 1 aromatic rings. The molecule has 0 aromatic heterocycles. The third-order valence-electron chi connectivity index (χ3n) is 2.22. The quantitative estimate of drug-likeness (QED) is 0.743. The second kappa shape index (κ2) is 4.98. The van der Waals surface area contributed by atoms with Gasteiger partial charge in [-0.05, 0) is 19.1 Å². The summed E-state index contributed by atoms with van der Waals surface area (Å²) >= 11 is 0. The van der Waals surface area contributed by atoms with Gasteiger partial charge in [-0.3, -0.25) is 0 Å². The number of aliphatic hydroxyl groups is 1. The summed E-state index contributed by atoms with van der Waals surface area (Å²) < 4.78 is 0. The first kappa shape index (κ1) is 11.0. The zero-order valence-corrected chi connectivity index (χ0v) is 8.77. The van der Waals surface area contributed by atoms with Crippen LogP contribution >= 0.6 is 0 Å². The Kier molecular flexibility index (Phi) is 3.92. The molecular weight excluding hydrogens is 176 g/mol. The molecular formula is C11H18N2O. The molecule has 3 N–H and O–H groups in total. The zero-order chi connectivity index (χ0) is 10.6. The van der Waals surface area contributed by atoms with Crippen LogP contribution in [0.5, 0.6) is 0 Å². The van der Waals surface area contributed by atoms with Gasteiger partial charge in [0.1, 0.15) is 0 Å². The maximum atomic E-state index is 8.82. The highest BCUT2D eigenvalue weighted by atomic mass is 16.3. The molecule has 0 saturated carbocycles. The first-order valence-corrected chi connectivity index (χ1v) is 4.77. The predicted octanol–water partition coefficient (Wildman–Crippen LogP) is 0.751. The van der Waals surface area contributed by atoms with E-state index in [1.54, 1.807) is 0 Å². The Hall–Kier alpha value is -1.06. The molecule has 3 nitrogen and oxygen atoms in total. The molecule has 0 fully saturated rings. The second-order valence-electron chi connectivity index (χ2n) is 3.66. The maximum Gasteiger partial charge on any atom is 0.0599 e. The second-order valence-corrected chi connectivity index (χ2v) is 3.66. The van der Waals surface area contributed by atoms with Crippen LogP contribution in [-0.2, 0) is 0 Å². The number of likely N-dealkylation sites (N-methyl/N-ethyl adjacent to an activating group) is 1. The molecule has 3 heteroatoms. The van der Waals surface area contributed by atoms with E-state index in [1.165, 1.54) is 5.56 Å². The van der Waals surface area contributed by atoms with E-state index in [0.29, 0.717) is 6.54 Å². The molecule has 0 amide bonds. The molecule has 0 saturated heterocycles. The summed E-state index contributed by atoms with van der Waals surface area (Å²) in [6.07, 6.45) is 0. The van der Waals surface area contributed by atoms with E-state index >= 15 is 0 Å². The van der Waals surface area contributed by atoms with Crippen LogP contribution in [0.3, 0.4) is 0 Å². The van der Waals surface area contributed by atoms with Gasteiger partial charge in [0.25, 0.3) is 0 Å². The van der Waals surface area contributed by atoms with Gasteiger partial charge in [0.15, 0.2) is 0 Å². The van der Waals surface area contributed by atoms with Gasteiger partial charge in [-0.1, -0.05) is 17.7 Å². The Morgan fingerprint density at radius 2 is 1.93 bits per heavy atom. The molecule has 1 atom stereocenters. The van der Waals surface area contributed by atoms with Crippen LogP contribution in [0.4, 0.5) is 5.69 Å². The summed E-state index contributed by atoms with van der Waals surface area (Å²) in [5.74, 6) is 0. The largest absolute Gasteiger partial charge is 0.395 e. The van der Waals surface area contributed by atoms with E-state index in [9.17, 15) is 0 Å². The van der Waals surface area contributed by atoms with Crippen molar-refractivity contribution in [3.63, 3.8) is 0 Å². The highest BCUT2D eigenvalue weighted by molar-refractivity contribution is 5.46. The molecule has 78 valence electrons. The predicted molar refractivity (Wildman–Crippen MR) is 59.5 cm³/mol. The van der Waals surface area contributed by atoms with Crippen molar-refractivity contribution in [3.05, 3.63) is 29.8 Å². The smallest absolute Gasteiger partial charge is 0.0599 e. The fraction of sp³-hybridized carbons (Fsp3) is 0.455. The van der Waals surface area contributed by atoms with Crippen molar-refractivity contribution in [2.24, 2.45) is 5.73 Å². The van der Waals surface area contributed by atoms with Crippen LogP contribution in [0.15, 0.2) is 24.3 Å². The van der Waals surface area contributed by atoms with Gasteiger partial charge in [-0.25, -0.2) is 0 Å². The topological polar surface area (TPSA) is 49.5 Å². The van der Waals surface area contributed by atoms with E-state index in [1.807, 2.05) is 11.9 Å². The summed E-state index contributed by atoms with van der Waals surface area (Å²) in [5.41, 5.74) is 8.02. The monoisotopic (exact) mass is 194 g/mol. The Balaban J connectivity index is 2.60. The molecule has 1 unspecified atom stereocenters. The van der Waals surface area contributed by atoms with Gasteiger partial charge in [0.2, 0.25) is 0 Å². The third-order valence-corrected chi connectivity index (χ3v) is 2.22. The number of nitrogens with two attached hydrogens (primary N) is 1. The summed E-state index contributed by atoms with van der Waals surface area (Å²) in [6, 6.07) is 8.06. The van der Waals surface area contributed by atoms with Gasteiger partial charge in [0, 0.05) is 25.3 Å². The Morgan fingerprint density at radius 3 is 2.43 bits per heavy atom. The molecule has 0 aliphatic rings. The number of nitrogens with zero attached hydrogens (tertiary/aromatic N) is 1. The minimum Gasteiger partial charge on any atom is -0.395 e. The lowest BCUT2D eigenvalue weighted by molar-refractivity contribution is 0.267. The highest BCUT2D eigenvalue weighted by Gasteiger charge is 2.05. The fourth-order valence-corrected chi connectivity index (χ4v) is 1.31. The number of anilines is 1. The van der Waals surface area contributed by atoms with Crippen molar-refractivity contribution in [3.8, 4) is 0 Å². The summed E-state index contributed by atoms with van der Waals surface area (Å²) in [7, 11) is 1.97. The molecule has 1 rings (SSSR count). The average Bonchev–Trinajstić information content (AvgIpc) is 2.18. The molecule has 0 heterocycles. The lowest BCUT2D eigenvalue weighted by Gasteiger charge is -2.22. The van der Waals surface area contributed by atoms with Crippen LogP contribution in [0.1, 0.15) is 5.56 Å². The SMILES string of the molecule is Cc1ccc(N(C)CC(N)CO)cc1. The van der Waals surface area contributed by atoms with Crippen LogP contribution in [-0.4, -0.2) is 31.3 Å². The Labute approximate surface area is 85.2 Å². The number of aliphatic hydroxyl groups excluding tert-OH is 1. The van der Waals surface area contributed by atoms with Gasteiger partial charge >= 0.3 is 0 Å². The lowest BCUT2D eigenvalue weighted by atomic mass is 10.2. The number of hydrogen-bond acceptors (Lipinski definition) is 3. The molecule has 0 radical (unpaired) electrons. The number of rotatable bonds is 4. The molecule has 0 bridgehead atoms. The van der Waals surface area contributed by atoms with Gasteiger partial charge < -0.3 is 15.7 Å². The number of aryl methyl sites for hydroxylation is 1. The van der Waals surface area contributed by atoms with Crippen LogP contribution in [0.2, 0.25) is 0 Å². The molecule has 0 aliphatic carbocycles. The van der Waals surface area contributed by atoms with Gasteiger partial charge in [-0.15, -0.1) is 0 Å². The molecule has 1 aromatic carbocycles. The summed E-state index contributed by atoms with van der Waals surface area (Å²) in [4.78, 5) is 2.04. The minimum atomic E-state index is -0.179. The molecule has 0 spiro atoms. The number of hydrogen-bond donors (Lipinski definition) is 2. The van der Waals surface area contributed by atoms with Crippen molar-refractivity contribution < 1.29 is 5.11 Å². The van der Waals surface area contributed by atoms with Crippen molar-refractivity contribution >= 4 is 5.69 Å². The summed E-state index contributed by atoms with van der Waals surface area (Å²) in [5, 5.41) is 8.82. The van der Waals surface area contributed by atoms with E-state index in [-0.39, 0.29) is 12.6 Å². The van der Waals surface area contributed by atoms with Crippen LogP contribution in [0, 0.1) is 6.92 Å². The van der Waals surface area contributed by atoms with E-state index in [2.05, 4.69) is 31.2 Å². The van der Waals surface area contributed by atoms with E-state index in [0.717, 1.165) is 5.69 Å². The fourth-order valence-electron chi connectivity index (χ4n) is 1.31.